The maximum absolute atomic E-state index is 5.70. The van der Waals surface area contributed by atoms with Gasteiger partial charge in [0.15, 0.2) is 11.5 Å². The second-order valence-corrected chi connectivity index (χ2v) is 4.37. The molecule has 0 aliphatic rings. The molecule has 0 aliphatic heterocycles. The lowest BCUT2D eigenvalue weighted by Crippen LogP contribution is -2.03. The summed E-state index contributed by atoms with van der Waals surface area (Å²) in [5, 5.41) is 0. The Morgan fingerprint density at radius 1 is 0.700 bits per heavy atom. The van der Waals surface area contributed by atoms with E-state index in [0.29, 0.717) is 13.2 Å². The normalized spacial score (nSPS) is 10.1. The smallest absolute Gasteiger partial charge is 0.161 e. The lowest BCUT2D eigenvalue weighted by molar-refractivity contribution is 0.258. The fraction of sp³-hybridized carbons (Fsp3) is 0.294. The third kappa shape index (κ3) is 4.50. The highest BCUT2D eigenvalue weighted by Gasteiger charge is 2.01. The van der Waals surface area contributed by atoms with E-state index in [9.17, 15) is 0 Å². The Balaban J connectivity index is 1.62. The average molecular weight is 272 g/mol. The Hall–Kier alpha value is -2.16. The number of hydrogen-bond acceptors (Lipinski definition) is 3. The molecule has 0 aromatic heterocycles. The Morgan fingerprint density at radius 2 is 1.30 bits per heavy atom. The van der Waals surface area contributed by atoms with Crippen LogP contribution >= 0.6 is 0 Å². The highest BCUT2D eigenvalue weighted by molar-refractivity contribution is 5.39. The molecular weight excluding hydrogens is 252 g/mol. The minimum Gasteiger partial charge on any atom is -0.494 e. The summed E-state index contributed by atoms with van der Waals surface area (Å²) in [4.78, 5) is 0. The predicted molar refractivity (Wildman–Crippen MR) is 79.7 cm³/mol. The minimum absolute atomic E-state index is 0.665. The molecule has 3 heteroatoms. The zero-order valence-corrected chi connectivity index (χ0v) is 11.7. The van der Waals surface area contributed by atoms with Crippen molar-refractivity contribution in [3.63, 3.8) is 0 Å². The van der Waals surface area contributed by atoms with Crippen molar-refractivity contribution in [2.45, 2.75) is 12.8 Å². The Bertz CT molecular complexity index is 497. The van der Waals surface area contributed by atoms with Crippen LogP contribution in [0.4, 0.5) is 0 Å². The van der Waals surface area contributed by atoms with Crippen molar-refractivity contribution in [1.82, 2.24) is 0 Å². The van der Waals surface area contributed by atoms with Crippen molar-refractivity contribution in [2.75, 3.05) is 20.3 Å². The van der Waals surface area contributed by atoms with E-state index in [1.54, 1.807) is 7.11 Å². The van der Waals surface area contributed by atoms with E-state index in [2.05, 4.69) is 0 Å². The number of rotatable bonds is 8. The third-order valence-electron chi connectivity index (χ3n) is 2.88. The Morgan fingerprint density at radius 3 is 2.00 bits per heavy atom. The monoisotopic (exact) mass is 272 g/mol. The molecule has 0 saturated carbocycles. The summed E-state index contributed by atoms with van der Waals surface area (Å²) in [6.07, 6.45) is 1.91. The molecule has 0 atom stereocenters. The summed E-state index contributed by atoms with van der Waals surface area (Å²) < 4.78 is 16.6. The highest BCUT2D eigenvalue weighted by atomic mass is 16.5. The van der Waals surface area contributed by atoms with Gasteiger partial charge < -0.3 is 14.2 Å². The maximum Gasteiger partial charge on any atom is 0.161 e. The first-order valence-corrected chi connectivity index (χ1v) is 6.84. The molecule has 2 rings (SSSR count). The molecule has 0 amide bonds. The topological polar surface area (TPSA) is 27.7 Å². The van der Waals surface area contributed by atoms with E-state index < -0.39 is 0 Å². The van der Waals surface area contributed by atoms with Gasteiger partial charge in [0.05, 0.1) is 20.3 Å². The number of para-hydroxylation sites is 3. The first-order chi connectivity index (χ1) is 9.90. The van der Waals surface area contributed by atoms with Crippen molar-refractivity contribution in [2.24, 2.45) is 0 Å². The molecule has 0 N–H and O–H groups in total. The van der Waals surface area contributed by atoms with Crippen molar-refractivity contribution in [1.29, 1.82) is 0 Å². The summed E-state index contributed by atoms with van der Waals surface area (Å²) in [5.74, 6) is 2.48. The van der Waals surface area contributed by atoms with E-state index in [1.165, 1.54) is 0 Å². The molecule has 106 valence electrons. The van der Waals surface area contributed by atoms with Crippen LogP contribution in [0, 0.1) is 0 Å². The van der Waals surface area contributed by atoms with E-state index in [4.69, 9.17) is 14.2 Å². The van der Waals surface area contributed by atoms with Crippen molar-refractivity contribution in [3.05, 3.63) is 54.6 Å². The van der Waals surface area contributed by atoms with Crippen LogP contribution < -0.4 is 14.2 Å². The van der Waals surface area contributed by atoms with Gasteiger partial charge in [-0.15, -0.1) is 0 Å². The van der Waals surface area contributed by atoms with Crippen LogP contribution in [0.2, 0.25) is 0 Å². The largest absolute Gasteiger partial charge is 0.494 e. The van der Waals surface area contributed by atoms with Crippen molar-refractivity contribution in [3.8, 4) is 17.2 Å². The van der Waals surface area contributed by atoms with E-state index in [0.717, 1.165) is 30.1 Å². The van der Waals surface area contributed by atoms with Crippen LogP contribution in [-0.4, -0.2) is 20.3 Å². The second-order valence-electron chi connectivity index (χ2n) is 4.37. The molecule has 2 aromatic rings. The average Bonchev–Trinajstić information content (AvgIpc) is 2.52. The number of ether oxygens (including phenoxy) is 3. The van der Waals surface area contributed by atoms with Crippen LogP contribution in [0.3, 0.4) is 0 Å². The molecule has 0 spiro atoms. The van der Waals surface area contributed by atoms with Gasteiger partial charge in [-0.25, -0.2) is 0 Å². The zero-order chi connectivity index (χ0) is 14.0. The Kier molecular flexibility index (Phi) is 5.77. The number of benzene rings is 2. The summed E-state index contributed by atoms with van der Waals surface area (Å²) >= 11 is 0. The van der Waals surface area contributed by atoms with Gasteiger partial charge in [0.1, 0.15) is 5.75 Å². The Labute approximate surface area is 120 Å². The molecule has 3 nitrogen and oxygen atoms in total. The van der Waals surface area contributed by atoms with Crippen molar-refractivity contribution >= 4 is 0 Å². The second kappa shape index (κ2) is 8.10. The summed E-state index contributed by atoms with van der Waals surface area (Å²) in [6.45, 7) is 1.37. The molecule has 0 fully saturated rings. The van der Waals surface area contributed by atoms with Gasteiger partial charge in [0, 0.05) is 0 Å². The summed E-state index contributed by atoms with van der Waals surface area (Å²) in [7, 11) is 1.65. The van der Waals surface area contributed by atoms with Crippen LogP contribution in [-0.2, 0) is 0 Å². The molecule has 0 heterocycles. The fourth-order valence-corrected chi connectivity index (χ4v) is 1.83. The fourth-order valence-electron chi connectivity index (χ4n) is 1.83. The van der Waals surface area contributed by atoms with Gasteiger partial charge in [-0.05, 0) is 37.1 Å². The van der Waals surface area contributed by atoms with Crippen molar-refractivity contribution < 1.29 is 14.2 Å². The minimum atomic E-state index is 0.665. The van der Waals surface area contributed by atoms with Gasteiger partial charge in [0.25, 0.3) is 0 Å². The SMILES string of the molecule is COc1ccccc1OCCCCOc1ccccc1. The molecule has 0 bridgehead atoms. The third-order valence-corrected chi connectivity index (χ3v) is 2.88. The van der Waals surface area contributed by atoms with Crippen LogP contribution in [0.15, 0.2) is 54.6 Å². The standard InChI is InChI=1S/C17H20O3/c1-18-16-11-5-6-12-17(16)20-14-8-7-13-19-15-9-3-2-4-10-15/h2-6,9-12H,7-8,13-14H2,1H3. The number of unbranched alkanes of at least 4 members (excludes halogenated alkanes) is 1. The number of hydrogen-bond donors (Lipinski definition) is 0. The molecular formula is C17H20O3. The van der Waals surface area contributed by atoms with E-state index >= 15 is 0 Å². The van der Waals surface area contributed by atoms with Crippen LogP contribution in [0.1, 0.15) is 12.8 Å². The number of methoxy groups -OCH3 is 1. The molecule has 0 aliphatic carbocycles. The predicted octanol–water partition coefficient (Wildman–Crippen LogP) is 3.93. The molecule has 2 aromatic carbocycles. The first-order valence-electron chi connectivity index (χ1n) is 6.84. The zero-order valence-electron chi connectivity index (χ0n) is 11.7. The highest BCUT2D eigenvalue weighted by Crippen LogP contribution is 2.25. The summed E-state index contributed by atoms with van der Waals surface area (Å²) in [6, 6.07) is 17.5. The van der Waals surface area contributed by atoms with Crippen LogP contribution in [0.25, 0.3) is 0 Å². The first kappa shape index (κ1) is 14.3. The van der Waals surface area contributed by atoms with E-state index in [1.807, 2.05) is 54.6 Å². The molecule has 0 saturated heterocycles. The van der Waals surface area contributed by atoms with E-state index in [-0.39, 0.29) is 0 Å². The maximum atomic E-state index is 5.70. The quantitative estimate of drug-likeness (QED) is 0.681. The molecule has 0 unspecified atom stereocenters. The van der Waals surface area contributed by atoms with Gasteiger partial charge >= 0.3 is 0 Å². The van der Waals surface area contributed by atoms with Crippen LogP contribution in [0.5, 0.6) is 17.2 Å². The van der Waals surface area contributed by atoms with Gasteiger partial charge in [0.2, 0.25) is 0 Å². The van der Waals surface area contributed by atoms with Gasteiger partial charge in [-0.2, -0.15) is 0 Å². The molecule has 0 radical (unpaired) electrons. The lowest BCUT2D eigenvalue weighted by Gasteiger charge is -2.10. The summed E-state index contributed by atoms with van der Waals surface area (Å²) in [5.41, 5.74) is 0. The van der Waals surface area contributed by atoms with Gasteiger partial charge in [-0.1, -0.05) is 30.3 Å². The van der Waals surface area contributed by atoms with Gasteiger partial charge in [-0.3, -0.25) is 0 Å². The lowest BCUT2D eigenvalue weighted by atomic mass is 10.3. The molecule has 20 heavy (non-hydrogen) atoms.